The number of anilines is 1. The first-order valence-corrected chi connectivity index (χ1v) is 10.5. The predicted molar refractivity (Wildman–Crippen MR) is 118 cm³/mol. The van der Waals surface area contributed by atoms with Crippen molar-refractivity contribution in [2.45, 2.75) is 25.8 Å². The summed E-state index contributed by atoms with van der Waals surface area (Å²) in [5.41, 5.74) is 4.64. The minimum Gasteiger partial charge on any atom is -0.438 e. The van der Waals surface area contributed by atoms with Gasteiger partial charge in [0.2, 0.25) is 5.89 Å². The van der Waals surface area contributed by atoms with Gasteiger partial charge >= 0.3 is 6.03 Å². The Morgan fingerprint density at radius 2 is 1.97 bits per heavy atom. The highest BCUT2D eigenvalue weighted by molar-refractivity contribution is 5.90. The highest BCUT2D eigenvalue weighted by Gasteiger charge is 2.34. The first-order valence-electron chi connectivity index (χ1n) is 10.5. The molecule has 4 aromatic rings. The SMILES string of the molecule is Cc1ccccc1-c1ccc2oc(C3CCCN3C(=O)Nc3ccc(F)cc3F)nc2c1. The minimum atomic E-state index is -0.820. The zero-order chi connectivity index (χ0) is 22.2. The third-order valence-electron chi connectivity index (χ3n) is 5.83. The van der Waals surface area contributed by atoms with Gasteiger partial charge in [0.15, 0.2) is 5.58 Å². The lowest BCUT2D eigenvalue weighted by Gasteiger charge is -2.22. The molecular weight excluding hydrogens is 412 g/mol. The van der Waals surface area contributed by atoms with Crippen LogP contribution < -0.4 is 5.32 Å². The van der Waals surface area contributed by atoms with Crippen LogP contribution in [0.25, 0.3) is 22.2 Å². The zero-order valence-corrected chi connectivity index (χ0v) is 17.4. The fraction of sp³-hybridized carbons (Fsp3) is 0.200. The summed E-state index contributed by atoms with van der Waals surface area (Å²) in [7, 11) is 0. The second-order valence-corrected chi connectivity index (χ2v) is 7.96. The first kappa shape index (κ1) is 20.2. The largest absolute Gasteiger partial charge is 0.438 e. The van der Waals surface area contributed by atoms with Crippen molar-refractivity contribution < 1.29 is 18.0 Å². The molecular formula is C25H21F2N3O2. The Morgan fingerprint density at radius 1 is 1.12 bits per heavy atom. The molecule has 7 heteroatoms. The summed E-state index contributed by atoms with van der Waals surface area (Å²) in [4.78, 5) is 19.1. The Morgan fingerprint density at radius 3 is 2.78 bits per heavy atom. The molecule has 1 N–H and O–H groups in total. The fourth-order valence-electron chi connectivity index (χ4n) is 4.20. The van der Waals surface area contributed by atoms with Crippen molar-refractivity contribution in [1.82, 2.24) is 9.88 Å². The van der Waals surface area contributed by atoms with Crippen molar-refractivity contribution in [2.24, 2.45) is 0 Å². The van der Waals surface area contributed by atoms with Gasteiger partial charge in [-0.25, -0.2) is 18.6 Å². The smallest absolute Gasteiger partial charge is 0.322 e. The van der Waals surface area contributed by atoms with Crippen molar-refractivity contribution in [3.8, 4) is 11.1 Å². The molecule has 3 aromatic carbocycles. The molecule has 0 radical (unpaired) electrons. The standard InChI is InChI=1S/C25H21F2N3O2/c1-15-5-2-3-6-18(15)16-8-11-23-21(13-16)28-24(32-23)22-7-4-12-30(22)25(31)29-20-10-9-17(26)14-19(20)27/h2-3,5-6,8-11,13-14,22H,4,7,12H2,1H3,(H,29,31). The van der Waals surface area contributed by atoms with Crippen LogP contribution in [0.5, 0.6) is 0 Å². The number of fused-ring (bicyclic) bond motifs is 1. The molecule has 1 saturated heterocycles. The average molecular weight is 433 g/mol. The molecule has 5 rings (SSSR count). The van der Waals surface area contributed by atoms with E-state index >= 15 is 0 Å². The normalized spacial score (nSPS) is 16.0. The molecule has 0 saturated carbocycles. The van der Waals surface area contributed by atoms with E-state index in [0.29, 0.717) is 24.4 Å². The fourth-order valence-corrected chi connectivity index (χ4v) is 4.20. The molecule has 1 unspecified atom stereocenters. The molecule has 162 valence electrons. The monoisotopic (exact) mass is 433 g/mol. The van der Waals surface area contributed by atoms with E-state index in [9.17, 15) is 13.6 Å². The van der Waals surface area contributed by atoms with E-state index in [-0.39, 0.29) is 11.7 Å². The van der Waals surface area contributed by atoms with Gasteiger partial charge in [-0.2, -0.15) is 0 Å². The maximum atomic E-state index is 14.0. The first-order chi connectivity index (χ1) is 15.5. The number of nitrogens with one attached hydrogen (secondary N) is 1. The molecule has 1 aliphatic rings. The number of hydrogen-bond donors (Lipinski definition) is 1. The lowest BCUT2D eigenvalue weighted by molar-refractivity contribution is 0.198. The number of rotatable bonds is 3. The number of carbonyl (C=O) groups is 1. The van der Waals surface area contributed by atoms with Gasteiger partial charge in [0.25, 0.3) is 0 Å². The molecule has 5 nitrogen and oxygen atoms in total. The Balaban J connectivity index is 1.41. The van der Waals surface area contributed by atoms with Crippen LogP contribution in [0.15, 0.2) is 65.1 Å². The number of aromatic nitrogens is 1. The maximum Gasteiger partial charge on any atom is 0.322 e. The van der Waals surface area contributed by atoms with Crippen molar-refractivity contribution in [3.05, 3.63) is 83.8 Å². The molecule has 2 heterocycles. The van der Waals surface area contributed by atoms with Gasteiger partial charge in [-0.3, -0.25) is 0 Å². The summed E-state index contributed by atoms with van der Waals surface area (Å²) in [6, 6.07) is 16.2. The number of urea groups is 1. The summed E-state index contributed by atoms with van der Waals surface area (Å²) in [6.45, 7) is 2.55. The molecule has 0 spiro atoms. The maximum absolute atomic E-state index is 14.0. The van der Waals surface area contributed by atoms with Crippen LogP contribution in [0.3, 0.4) is 0 Å². The van der Waals surface area contributed by atoms with Gasteiger partial charge in [-0.15, -0.1) is 0 Å². The van der Waals surface area contributed by atoms with Crippen LogP contribution in [0, 0.1) is 18.6 Å². The van der Waals surface area contributed by atoms with Gasteiger partial charge in [0.05, 0.1) is 5.69 Å². The average Bonchev–Trinajstić information content (AvgIpc) is 3.42. The number of benzene rings is 3. The minimum absolute atomic E-state index is 0.0671. The van der Waals surface area contributed by atoms with Crippen LogP contribution in [-0.4, -0.2) is 22.5 Å². The van der Waals surface area contributed by atoms with Crippen molar-refractivity contribution in [3.63, 3.8) is 0 Å². The molecule has 0 bridgehead atoms. The topological polar surface area (TPSA) is 58.4 Å². The van der Waals surface area contributed by atoms with Crippen LogP contribution in [0.2, 0.25) is 0 Å². The Kier molecular flexibility index (Phi) is 5.09. The summed E-state index contributed by atoms with van der Waals surface area (Å²) in [5, 5.41) is 2.53. The lowest BCUT2D eigenvalue weighted by atomic mass is 10.0. The van der Waals surface area contributed by atoms with Crippen LogP contribution >= 0.6 is 0 Å². The van der Waals surface area contributed by atoms with Crippen molar-refractivity contribution in [2.75, 3.05) is 11.9 Å². The Bertz CT molecular complexity index is 1320. The van der Waals surface area contributed by atoms with E-state index in [0.717, 1.165) is 35.2 Å². The Labute approximate surface area is 183 Å². The molecule has 1 aromatic heterocycles. The van der Waals surface area contributed by atoms with E-state index < -0.39 is 17.7 Å². The number of aryl methyl sites for hydroxylation is 1. The number of oxazole rings is 1. The van der Waals surface area contributed by atoms with Gasteiger partial charge in [-0.05, 0) is 60.7 Å². The van der Waals surface area contributed by atoms with E-state index in [1.165, 1.54) is 11.6 Å². The summed E-state index contributed by atoms with van der Waals surface area (Å²) in [5.74, 6) is -1.06. The summed E-state index contributed by atoms with van der Waals surface area (Å²) < 4.78 is 33.1. The van der Waals surface area contributed by atoms with Gasteiger partial charge in [0.1, 0.15) is 23.2 Å². The molecule has 1 atom stereocenters. The van der Waals surface area contributed by atoms with Crippen LogP contribution in [0.4, 0.5) is 19.3 Å². The number of halogens is 2. The molecule has 1 fully saturated rings. The van der Waals surface area contributed by atoms with Gasteiger partial charge < -0.3 is 14.6 Å². The highest BCUT2D eigenvalue weighted by Crippen LogP contribution is 2.35. The second kappa shape index (κ2) is 8.07. The number of hydrogen-bond acceptors (Lipinski definition) is 3. The van der Waals surface area contributed by atoms with Crippen LogP contribution in [0.1, 0.15) is 30.3 Å². The Hall–Kier alpha value is -3.74. The second-order valence-electron chi connectivity index (χ2n) is 7.96. The quantitative estimate of drug-likeness (QED) is 0.404. The van der Waals surface area contributed by atoms with Gasteiger partial charge in [-0.1, -0.05) is 30.3 Å². The molecule has 0 aliphatic carbocycles. The zero-order valence-electron chi connectivity index (χ0n) is 17.4. The van der Waals surface area contributed by atoms with Gasteiger partial charge in [0, 0.05) is 12.6 Å². The van der Waals surface area contributed by atoms with E-state index in [4.69, 9.17) is 4.42 Å². The van der Waals surface area contributed by atoms with Crippen LogP contribution in [-0.2, 0) is 0 Å². The van der Waals surface area contributed by atoms with Crippen molar-refractivity contribution >= 4 is 22.8 Å². The van der Waals surface area contributed by atoms with Crippen molar-refractivity contribution in [1.29, 1.82) is 0 Å². The van der Waals surface area contributed by atoms with E-state index in [1.54, 1.807) is 4.90 Å². The third kappa shape index (κ3) is 3.70. The van der Waals surface area contributed by atoms with E-state index in [2.05, 4.69) is 29.4 Å². The summed E-state index contributed by atoms with van der Waals surface area (Å²) in [6.07, 6.45) is 1.47. The van der Waals surface area contributed by atoms with E-state index in [1.807, 2.05) is 30.3 Å². The summed E-state index contributed by atoms with van der Waals surface area (Å²) >= 11 is 0. The highest BCUT2D eigenvalue weighted by atomic mass is 19.1. The number of likely N-dealkylation sites (tertiary alicyclic amines) is 1. The lowest BCUT2D eigenvalue weighted by Crippen LogP contribution is -2.34. The molecule has 2 amide bonds. The molecule has 32 heavy (non-hydrogen) atoms. The predicted octanol–water partition coefficient (Wildman–Crippen LogP) is 6.45. The number of nitrogens with zero attached hydrogens (tertiary/aromatic N) is 2. The molecule has 1 aliphatic heterocycles. The number of amides is 2. The third-order valence-corrected chi connectivity index (χ3v) is 5.83. The number of carbonyl (C=O) groups excluding carboxylic acids is 1.